The molecule has 2 heterocycles. The molecular formula is C11H15N3O2. The predicted molar refractivity (Wildman–Crippen MR) is 60.6 cm³/mol. The third-order valence-electron chi connectivity index (χ3n) is 2.65. The Bertz CT molecular complexity index is 377. The fourth-order valence-corrected chi connectivity index (χ4v) is 1.49. The number of carbonyl (C=O) groups excluding carboxylic acids is 1. The molecule has 0 unspecified atom stereocenters. The lowest BCUT2D eigenvalue weighted by atomic mass is 10.1. The normalized spacial score (nSPS) is 18.7. The van der Waals surface area contributed by atoms with Crippen LogP contribution in [0.5, 0.6) is 5.75 Å². The number of rotatable bonds is 5. The van der Waals surface area contributed by atoms with Crippen molar-refractivity contribution < 1.29 is 9.53 Å². The van der Waals surface area contributed by atoms with Crippen LogP contribution in [0.4, 0.5) is 5.69 Å². The standard InChI is InChI=1S/C11H15N3O2/c1-8-11(14-7-15)4-10(5-13-8)16-6-9-2-3-12-9/h4-5,7,9,12H,2-3,6H2,1H3,(H,14,15)/t9-/m1/s1. The first-order valence-corrected chi connectivity index (χ1v) is 5.32. The number of aryl methyl sites for hydroxylation is 1. The first-order chi connectivity index (χ1) is 7.79. The Morgan fingerprint density at radius 1 is 1.75 bits per heavy atom. The second-order valence-electron chi connectivity index (χ2n) is 3.82. The molecule has 1 saturated heterocycles. The molecule has 2 N–H and O–H groups in total. The quantitative estimate of drug-likeness (QED) is 0.718. The number of hydrogen-bond donors (Lipinski definition) is 2. The Morgan fingerprint density at radius 3 is 3.19 bits per heavy atom. The molecule has 1 fully saturated rings. The van der Waals surface area contributed by atoms with Crippen molar-refractivity contribution in [1.82, 2.24) is 10.3 Å². The first-order valence-electron chi connectivity index (χ1n) is 5.32. The number of amides is 1. The van der Waals surface area contributed by atoms with Gasteiger partial charge in [0.25, 0.3) is 0 Å². The van der Waals surface area contributed by atoms with Crippen LogP contribution in [-0.4, -0.2) is 30.6 Å². The number of nitrogens with zero attached hydrogens (tertiary/aromatic N) is 1. The van der Waals surface area contributed by atoms with E-state index >= 15 is 0 Å². The summed E-state index contributed by atoms with van der Waals surface area (Å²) in [6, 6.07) is 2.24. The Hall–Kier alpha value is -1.62. The van der Waals surface area contributed by atoms with E-state index in [-0.39, 0.29) is 0 Å². The number of nitrogens with one attached hydrogen (secondary N) is 2. The maximum absolute atomic E-state index is 10.4. The molecule has 5 nitrogen and oxygen atoms in total. The molecule has 1 amide bonds. The lowest BCUT2D eigenvalue weighted by Crippen LogP contribution is -2.46. The molecule has 0 aliphatic carbocycles. The topological polar surface area (TPSA) is 63.2 Å². The lowest BCUT2D eigenvalue weighted by Gasteiger charge is -2.27. The summed E-state index contributed by atoms with van der Waals surface area (Å²) in [6.07, 6.45) is 3.46. The fraction of sp³-hybridized carbons (Fsp3) is 0.455. The Kier molecular flexibility index (Phi) is 3.36. The van der Waals surface area contributed by atoms with Gasteiger partial charge in [-0.15, -0.1) is 0 Å². The molecule has 16 heavy (non-hydrogen) atoms. The molecule has 1 aromatic heterocycles. The van der Waals surface area contributed by atoms with E-state index < -0.39 is 0 Å². The average molecular weight is 221 g/mol. The highest BCUT2D eigenvalue weighted by Crippen LogP contribution is 2.19. The van der Waals surface area contributed by atoms with Gasteiger partial charge in [0, 0.05) is 12.1 Å². The van der Waals surface area contributed by atoms with Gasteiger partial charge >= 0.3 is 0 Å². The van der Waals surface area contributed by atoms with E-state index in [0.29, 0.717) is 30.5 Å². The molecule has 0 saturated carbocycles. The summed E-state index contributed by atoms with van der Waals surface area (Å²) in [4.78, 5) is 14.5. The molecule has 0 bridgehead atoms. The fourth-order valence-electron chi connectivity index (χ4n) is 1.49. The van der Waals surface area contributed by atoms with Crippen LogP contribution in [0.25, 0.3) is 0 Å². The highest BCUT2D eigenvalue weighted by atomic mass is 16.5. The monoisotopic (exact) mass is 221 g/mol. The maximum atomic E-state index is 10.4. The summed E-state index contributed by atoms with van der Waals surface area (Å²) in [5, 5.41) is 5.84. The maximum Gasteiger partial charge on any atom is 0.211 e. The van der Waals surface area contributed by atoms with E-state index in [4.69, 9.17) is 4.74 Å². The zero-order chi connectivity index (χ0) is 11.4. The van der Waals surface area contributed by atoms with Crippen LogP contribution >= 0.6 is 0 Å². The summed E-state index contributed by atoms with van der Waals surface area (Å²) in [6.45, 7) is 3.55. The number of ether oxygens (including phenoxy) is 1. The van der Waals surface area contributed by atoms with E-state index in [9.17, 15) is 4.79 Å². The highest BCUT2D eigenvalue weighted by molar-refractivity contribution is 5.73. The molecule has 0 aromatic carbocycles. The predicted octanol–water partition coefficient (Wildman–Crippen LogP) is 0.699. The van der Waals surface area contributed by atoms with Crippen molar-refractivity contribution in [2.24, 2.45) is 0 Å². The minimum absolute atomic E-state index is 0.448. The molecule has 2 rings (SSSR count). The van der Waals surface area contributed by atoms with Crippen LogP contribution in [0.3, 0.4) is 0 Å². The zero-order valence-electron chi connectivity index (χ0n) is 9.19. The van der Waals surface area contributed by atoms with Crippen LogP contribution in [-0.2, 0) is 4.79 Å². The number of carbonyl (C=O) groups is 1. The van der Waals surface area contributed by atoms with E-state index in [1.165, 1.54) is 0 Å². The molecule has 5 heteroatoms. The van der Waals surface area contributed by atoms with E-state index in [2.05, 4.69) is 15.6 Å². The van der Waals surface area contributed by atoms with Gasteiger partial charge in [-0.05, 0) is 19.9 Å². The molecule has 1 aliphatic heterocycles. The van der Waals surface area contributed by atoms with Gasteiger partial charge in [0.05, 0.1) is 17.6 Å². The molecule has 0 spiro atoms. The summed E-state index contributed by atoms with van der Waals surface area (Å²) in [7, 11) is 0. The van der Waals surface area contributed by atoms with Gasteiger partial charge in [-0.1, -0.05) is 0 Å². The Morgan fingerprint density at radius 2 is 2.56 bits per heavy atom. The van der Waals surface area contributed by atoms with E-state index in [1.807, 2.05) is 6.92 Å². The van der Waals surface area contributed by atoms with Crippen LogP contribution in [0.1, 0.15) is 12.1 Å². The average Bonchev–Trinajstić information content (AvgIpc) is 2.21. The second kappa shape index (κ2) is 4.94. The van der Waals surface area contributed by atoms with Crippen molar-refractivity contribution in [2.75, 3.05) is 18.5 Å². The summed E-state index contributed by atoms with van der Waals surface area (Å²) >= 11 is 0. The van der Waals surface area contributed by atoms with Crippen molar-refractivity contribution in [3.05, 3.63) is 18.0 Å². The minimum Gasteiger partial charge on any atom is -0.490 e. The third kappa shape index (κ3) is 2.49. The minimum atomic E-state index is 0.448. The number of anilines is 1. The van der Waals surface area contributed by atoms with Gasteiger partial charge in [-0.2, -0.15) is 0 Å². The number of aromatic nitrogens is 1. The summed E-state index contributed by atoms with van der Waals surface area (Å²) < 4.78 is 5.57. The Labute approximate surface area is 94.2 Å². The van der Waals surface area contributed by atoms with Crippen molar-refractivity contribution in [2.45, 2.75) is 19.4 Å². The smallest absolute Gasteiger partial charge is 0.211 e. The highest BCUT2D eigenvalue weighted by Gasteiger charge is 2.16. The largest absolute Gasteiger partial charge is 0.490 e. The van der Waals surface area contributed by atoms with Crippen molar-refractivity contribution in [3.63, 3.8) is 0 Å². The SMILES string of the molecule is Cc1ncc(OC[C@H]2CCN2)cc1NC=O. The van der Waals surface area contributed by atoms with Gasteiger partial charge in [0.2, 0.25) is 6.41 Å². The van der Waals surface area contributed by atoms with Crippen LogP contribution in [0, 0.1) is 6.92 Å². The van der Waals surface area contributed by atoms with E-state index in [1.54, 1.807) is 12.3 Å². The molecule has 1 atom stereocenters. The molecular weight excluding hydrogens is 206 g/mol. The van der Waals surface area contributed by atoms with Gasteiger partial charge in [0.1, 0.15) is 12.4 Å². The molecule has 1 aromatic rings. The molecule has 0 radical (unpaired) electrons. The third-order valence-corrected chi connectivity index (χ3v) is 2.65. The second-order valence-corrected chi connectivity index (χ2v) is 3.82. The first kappa shape index (κ1) is 10.9. The van der Waals surface area contributed by atoms with E-state index in [0.717, 1.165) is 18.7 Å². The number of hydrogen-bond acceptors (Lipinski definition) is 4. The van der Waals surface area contributed by atoms with Crippen LogP contribution < -0.4 is 15.4 Å². The molecule has 86 valence electrons. The van der Waals surface area contributed by atoms with Crippen molar-refractivity contribution in [1.29, 1.82) is 0 Å². The lowest BCUT2D eigenvalue weighted by molar-refractivity contribution is -0.105. The summed E-state index contributed by atoms with van der Waals surface area (Å²) in [5.41, 5.74) is 1.47. The zero-order valence-corrected chi connectivity index (χ0v) is 9.19. The van der Waals surface area contributed by atoms with Crippen LogP contribution in [0.15, 0.2) is 12.3 Å². The van der Waals surface area contributed by atoms with Crippen LogP contribution in [0.2, 0.25) is 0 Å². The van der Waals surface area contributed by atoms with Gasteiger partial charge in [-0.25, -0.2) is 0 Å². The van der Waals surface area contributed by atoms with Gasteiger partial charge < -0.3 is 15.4 Å². The summed E-state index contributed by atoms with van der Waals surface area (Å²) in [5.74, 6) is 0.684. The van der Waals surface area contributed by atoms with Gasteiger partial charge in [-0.3, -0.25) is 9.78 Å². The Balaban J connectivity index is 1.97. The van der Waals surface area contributed by atoms with Crippen molar-refractivity contribution >= 4 is 12.1 Å². The molecule has 1 aliphatic rings. The van der Waals surface area contributed by atoms with Gasteiger partial charge in [0.15, 0.2) is 0 Å². The van der Waals surface area contributed by atoms with Crippen molar-refractivity contribution in [3.8, 4) is 5.75 Å². The number of pyridine rings is 1.